The third-order valence-electron chi connectivity index (χ3n) is 5.84. The number of aliphatic hydroxyl groups is 1. The van der Waals surface area contributed by atoms with Crippen molar-refractivity contribution in [2.45, 2.75) is 38.5 Å². The highest BCUT2D eigenvalue weighted by Crippen LogP contribution is 2.16. The van der Waals surface area contributed by atoms with Gasteiger partial charge in [-0.1, -0.05) is 30.3 Å². The molecule has 3 aromatic rings. The standard InChI is InChI=1S/C23H30N4O2/c24-23-26(16-15-25-13-7-2-8-14-25)21-11-5-6-12-22(21)27(23)17-19(28)18-29-20-9-3-1-4-10-20/h1,3-6,9-12,19,24,28H,2,7-8,13-18H2/p+2/t19-/m1/s1. The number of quaternary nitrogens is 1. The third-order valence-corrected chi connectivity index (χ3v) is 5.84. The number of nitrogens with zero attached hydrogens (tertiary/aromatic N) is 2. The topological polar surface area (TPSA) is 68.7 Å². The molecule has 6 nitrogen and oxygen atoms in total. The van der Waals surface area contributed by atoms with Crippen LogP contribution < -0.4 is 19.9 Å². The summed E-state index contributed by atoms with van der Waals surface area (Å²) in [5.41, 5.74) is 8.73. The average molecular weight is 397 g/mol. The smallest absolute Gasteiger partial charge is 0.356 e. The first-order valence-electron chi connectivity index (χ1n) is 10.7. The fraction of sp³-hybridized carbons (Fsp3) is 0.435. The Morgan fingerprint density at radius 3 is 2.55 bits per heavy atom. The normalized spacial score (nSPS) is 16.2. The SMILES string of the molecule is Nc1n(CC[NH+]2CCCCC2)c2ccccc2[n+]1C[C@@H](O)COc1ccccc1. The molecule has 1 fully saturated rings. The Kier molecular flexibility index (Phi) is 6.32. The number of piperidine rings is 1. The van der Waals surface area contributed by atoms with Crippen LogP contribution in [-0.4, -0.2) is 42.0 Å². The number of aromatic nitrogens is 2. The molecule has 154 valence electrons. The number of nitrogen functional groups attached to an aromatic ring is 1. The fourth-order valence-electron chi connectivity index (χ4n) is 4.28. The van der Waals surface area contributed by atoms with Gasteiger partial charge in [0.15, 0.2) is 0 Å². The van der Waals surface area contributed by atoms with Crippen molar-refractivity contribution in [1.29, 1.82) is 0 Å². The van der Waals surface area contributed by atoms with Crippen molar-refractivity contribution in [2.75, 3.05) is 32.0 Å². The Morgan fingerprint density at radius 2 is 1.76 bits per heavy atom. The Bertz CT molecular complexity index is 919. The molecule has 0 aliphatic carbocycles. The van der Waals surface area contributed by atoms with Gasteiger partial charge >= 0.3 is 5.95 Å². The molecule has 0 amide bonds. The second-order valence-corrected chi connectivity index (χ2v) is 7.95. The summed E-state index contributed by atoms with van der Waals surface area (Å²) in [6.07, 6.45) is 3.37. The minimum Gasteiger partial charge on any atom is -0.491 e. The number of nitrogens with one attached hydrogen (secondary N) is 1. The molecule has 1 aliphatic heterocycles. The van der Waals surface area contributed by atoms with Gasteiger partial charge in [0, 0.05) is 0 Å². The first-order valence-corrected chi connectivity index (χ1v) is 10.7. The second-order valence-electron chi connectivity index (χ2n) is 7.95. The van der Waals surface area contributed by atoms with Gasteiger partial charge in [-0.3, -0.25) is 5.73 Å². The molecular formula is C23H32N4O2+2. The van der Waals surface area contributed by atoms with Crippen molar-refractivity contribution in [3.05, 3.63) is 54.6 Å². The lowest BCUT2D eigenvalue weighted by Gasteiger charge is -2.22. The molecule has 2 heterocycles. The number of fused-ring (bicyclic) bond motifs is 1. The van der Waals surface area contributed by atoms with Crippen LogP contribution in [0.3, 0.4) is 0 Å². The molecule has 1 saturated heterocycles. The van der Waals surface area contributed by atoms with E-state index in [4.69, 9.17) is 10.5 Å². The van der Waals surface area contributed by atoms with Gasteiger partial charge in [0.2, 0.25) is 0 Å². The summed E-state index contributed by atoms with van der Waals surface area (Å²) in [4.78, 5) is 1.66. The zero-order valence-corrected chi connectivity index (χ0v) is 17.0. The molecule has 0 radical (unpaired) electrons. The molecule has 0 bridgehead atoms. The molecule has 0 unspecified atom stereocenters. The second kappa shape index (κ2) is 9.29. The summed E-state index contributed by atoms with van der Waals surface area (Å²) in [5.74, 6) is 1.46. The maximum Gasteiger partial charge on any atom is 0.356 e. The molecule has 1 aliphatic rings. The van der Waals surface area contributed by atoms with Crippen LogP contribution in [0.25, 0.3) is 11.0 Å². The van der Waals surface area contributed by atoms with E-state index < -0.39 is 6.10 Å². The number of hydrogen-bond acceptors (Lipinski definition) is 3. The number of ether oxygens (including phenoxy) is 1. The van der Waals surface area contributed by atoms with Crippen LogP contribution in [0.1, 0.15) is 19.3 Å². The van der Waals surface area contributed by atoms with Gasteiger partial charge in [0.05, 0.1) is 13.1 Å². The van der Waals surface area contributed by atoms with Gasteiger partial charge in [0.25, 0.3) is 0 Å². The highest BCUT2D eigenvalue weighted by atomic mass is 16.5. The zero-order valence-electron chi connectivity index (χ0n) is 17.0. The maximum atomic E-state index is 10.6. The Labute approximate surface area is 172 Å². The van der Waals surface area contributed by atoms with Gasteiger partial charge in [-0.05, 0) is 43.5 Å². The van der Waals surface area contributed by atoms with Crippen molar-refractivity contribution in [3.63, 3.8) is 0 Å². The lowest BCUT2D eigenvalue weighted by Crippen LogP contribution is -3.13. The van der Waals surface area contributed by atoms with Crippen molar-refractivity contribution < 1.29 is 19.3 Å². The summed E-state index contributed by atoms with van der Waals surface area (Å²) in [5, 5.41) is 10.6. The lowest BCUT2D eigenvalue weighted by molar-refractivity contribution is -0.905. The molecule has 1 aromatic heterocycles. The first kappa shape index (κ1) is 19.7. The van der Waals surface area contributed by atoms with E-state index >= 15 is 0 Å². The quantitative estimate of drug-likeness (QED) is 0.498. The Morgan fingerprint density at radius 1 is 1.03 bits per heavy atom. The van der Waals surface area contributed by atoms with Gasteiger partial charge < -0.3 is 14.7 Å². The van der Waals surface area contributed by atoms with E-state index in [-0.39, 0.29) is 6.61 Å². The van der Waals surface area contributed by atoms with Gasteiger partial charge in [-0.2, -0.15) is 0 Å². The summed E-state index contributed by atoms with van der Waals surface area (Å²) in [7, 11) is 0. The minimum atomic E-state index is -0.644. The monoisotopic (exact) mass is 396 g/mol. The molecule has 0 saturated carbocycles. The van der Waals surface area contributed by atoms with Gasteiger partial charge in [-0.15, -0.1) is 0 Å². The number of nitrogens with two attached hydrogens (primary N) is 1. The molecule has 0 spiro atoms. The van der Waals surface area contributed by atoms with E-state index in [0.29, 0.717) is 12.5 Å². The van der Waals surface area contributed by atoms with Crippen molar-refractivity contribution in [3.8, 4) is 5.75 Å². The first-order chi connectivity index (χ1) is 14.2. The van der Waals surface area contributed by atoms with Crippen molar-refractivity contribution in [1.82, 2.24) is 4.57 Å². The number of anilines is 1. The average Bonchev–Trinajstić information content (AvgIpc) is 3.03. The fourth-order valence-corrected chi connectivity index (χ4v) is 4.28. The number of rotatable bonds is 8. The van der Waals surface area contributed by atoms with E-state index in [2.05, 4.69) is 16.7 Å². The number of aliphatic hydroxyl groups excluding tert-OH is 1. The third kappa shape index (κ3) is 4.71. The Hall–Kier alpha value is -2.57. The van der Waals surface area contributed by atoms with E-state index in [9.17, 15) is 5.11 Å². The highest BCUT2D eigenvalue weighted by molar-refractivity contribution is 5.73. The summed E-state index contributed by atoms with van der Waals surface area (Å²) >= 11 is 0. The Balaban J connectivity index is 1.47. The van der Waals surface area contributed by atoms with Gasteiger partial charge in [-0.25, -0.2) is 9.13 Å². The van der Waals surface area contributed by atoms with E-state index in [1.54, 1.807) is 4.90 Å². The van der Waals surface area contributed by atoms with E-state index in [1.807, 2.05) is 47.0 Å². The molecule has 6 heteroatoms. The van der Waals surface area contributed by atoms with Crippen LogP contribution in [0, 0.1) is 0 Å². The predicted molar refractivity (Wildman–Crippen MR) is 114 cm³/mol. The van der Waals surface area contributed by atoms with Crippen LogP contribution in [-0.2, 0) is 13.1 Å². The van der Waals surface area contributed by atoms with Crippen LogP contribution in [0.2, 0.25) is 0 Å². The summed E-state index contributed by atoms with van der Waals surface area (Å²) in [6, 6.07) is 17.8. The molecule has 1 atom stereocenters. The maximum absolute atomic E-state index is 10.6. The number of benzene rings is 2. The van der Waals surface area contributed by atoms with E-state index in [1.165, 1.54) is 32.4 Å². The van der Waals surface area contributed by atoms with Crippen LogP contribution in [0.5, 0.6) is 5.75 Å². The van der Waals surface area contributed by atoms with Crippen LogP contribution >= 0.6 is 0 Å². The number of likely N-dealkylation sites (tertiary alicyclic amines) is 1. The lowest BCUT2D eigenvalue weighted by atomic mass is 10.1. The van der Waals surface area contributed by atoms with E-state index in [0.717, 1.165) is 29.9 Å². The van der Waals surface area contributed by atoms with Gasteiger partial charge in [0.1, 0.15) is 49.1 Å². The zero-order chi connectivity index (χ0) is 20.1. The summed E-state index contributed by atoms with van der Waals surface area (Å²) in [6.45, 7) is 5.13. The highest BCUT2D eigenvalue weighted by Gasteiger charge is 2.24. The summed E-state index contributed by atoms with van der Waals surface area (Å²) < 4.78 is 9.92. The molecule has 29 heavy (non-hydrogen) atoms. The molecular weight excluding hydrogens is 364 g/mol. The molecule has 4 rings (SSSR count). The number of hydrogen-bond donors (Lipinski definition) is 3. The molecule has 4 N–H and O–H groups in total. The number of imidazole rings is 1. The number of para-hydroxylation sites is 3. The van der Waals surface area contributed by atoms with Crippen molar-refractivity contribution in [2.24, 2.45) is 0 Å². The van der Waals surface area contributed by atoms with Crippen molar-refractivity contribution >= 4 is 17.0 Å². The van der Waals surface area contributed by atoms with Crippen LogP contribution in [0.15, 0.2) is 54.6 Å². The predicted octanol–water partition coefficient (Wildman–Crippen LogP) is 1.02. The van der Waals surface area contributed by atoms with Crippen LogP contribution in [0.4, 0.5) is 5.95 Å². The largest absolute Gasteiger partial charge is 0.491 e. The minimum absolute atomic E-state index is 0.230. The molecule has 2 aromatic carbocycles.